The van der Waals surface area contributed by atoms with E-state index in [1.807, 2.05) is 6.92 Å². The maximum atomic E-state index is 11.7. The quantitative estimate of drug-likeness (QED) is 0.755. The van der Waals surface area contributed by atoms with E-state index in [4.69, 9.17) is 5.11 Å². The van der Waals surface area contributed by atoms with Crippen LogP contribution >= 0.6 is 11.8 Å². The smallest absolute Gasteiger partial charge is 0.230 e. The second kappa shape index (κ2) is 8.23. The van der Waals surface area contributed by atoms with Gasteiger partial charge in [0.05, 0.1) is 5.75 Å². The van der Waals surface area contributed by atoms with Crippen LogP contribution in [0.1, 0.15) is 24.5 Å². The SMILES string of the molecule is Cc1ccc(C)c(SCC(=O)NCC(C)CCO)c1. The number of aliphatic hydroxyl groups is 1. The van der Waals surface area contributed by atoms with Crippen molar-refractivity contribution in [3.05, 3.63) is 29.3 Å². The van der Waals surface area contributed by atoms with Crippen LogP contribution in [0.3, 0.4) is 0 Å². The summed E-state index contributed by atoms with van der Waals surface area (Å²) in [5, 5.41) is 11.7. The van der Waals surface area contributed by atoms with Gasteiger partial charge in [0, 0.05) is 18.0 Å². The molecule has 19 heavy (non-hydrogen) atoms. The van der Waals surface area contributed by atoms with Gasteiger partial charge in [0.25, 0.3) is 0 Å². The summed E-state index contributed by atoms with van der Waals surface area (Å²) in [7, 11) is 0. The molecule has 4 heteroatoms. The van der Waals surface area contributed by atoms with Crippen LogP contribution in [-0.2, 0) is 4.79 Å². The molecule has 1 amide bonds. The first kappa shape index (κ1) is 16.1. The molecule has 0 aromatic heterocycles. The first-order chi connectivity index (χ1) is 9.02. The Morgan fingerprint density at radius 3 is 2.84 bits per heavy atom. The van der Waals surface area contributed by atoms with Crippen molar-refractivity contribution in [2.75, 3.05) is 18.9 Å². The van der Waals surface area contributed by atoms with E-state index in [-0.39, 0.29) is 12.5 Å². The minimum Gasteiger partial charge on any atom is -0.396 e. The third kappa shape index (κ3) is 6.12. The zero-order valence-corrected chi connectivity index (χ0v) is 12.7. The van der Waals surface area contributed by atoms with Crippen molar-refractivity contribution in [2.24, 2.45) is 5.92 Å². The summed E-state index contributed by atoms with van der Waals surface area (Å²) in [5.41, 5.74) is 2.42. The first-order valence-corrected chi connectivity index (χ1v) is 7.59. The van der Waals surface area contributed by atoms with Crippen molar-refractivity contribution >= 4 is 17.7 Å². The topological polar surface area (TPSA) is 49.3 Å². The number of hydrogen-bond acceptors (Lipinski definition) is 3. The van der Waals surface area contributed by atoms with Gasteiger partial charge in [-0.2, -0.15) is 0 Å². The standard InChI is InChI=1S/C15H23NO2S/c1-11-4-5-13(3)14(8-11)19-10-15(18)16-9-12(2)6-7-17/h4-5,8,12,17H,6-7,9-10H2,1-3H3,(H,16,18). The van der Waals surface area contributed by atoms with Gasteiger partial charge >= 0.3 is 0 Å². The molecule has 106 valence electrons. The monoisotopic (exact) mass is 281 g/mol. The minimum absolute atomic E-state index is 0.0516. The number of amides is 1. The van der Waals surface area contributed by atoms with Crippen LogP contribution in [0.4, 0.5) is 0 Å². The van der Waals surface area contributed by atoms with Gasteiger partial charge in [-0.05, 0) is 37.8 Å². The Balaban J connectivity index is 2.35. The Bertz CT molecular complexity index is 421. The zero-order valence-electron chi connectivity index (χ0n) is 11.9. The molecule has 1 atom stereocenters. The van der Waals surface area contributed by atoms with E-state index in [2.05, 4.69) is 37.4 Å². The third-order valence-corrected chi connectivity index (χ3v) is 4.13. The molecule has 3 nitrogen and oxygen atoms in total. The average molecular weight is 281 g/mol. The summed E-state index contributed by atoms with van der Waals surface area (Å²) < 4.78 is 0. The van der Waals surface area contributed by atoms with E-state index < -0.39 is 0 Å². The molecule has 0 bridgehead atoms. The van der Waals surface area contributed by atoms with Crippen LogP contribution in [0.25, 0.3) is 0 Å². The molecular weight excluding hydrogens is 258 g/mol. The minimum atomic E-state index is 0.0516. The van der Waals surface area contributed by atoms with Crippen LogP contribution < -0.4 is 5.32 Å². The maximum Gasteiger partial charge on any atom is 0.230 e. The molecule has 0 fully saturated rings. The van der Waals surface area contributed by atoms with Crippen LogP contribution in [0, 0.1) is 19.8 Å². The van der Waals surface area contributed by atoms with E-state index in [0.717, 1.165) is 6.42 Å². The third-order valence-electron chi connectivity index (χ3n) is 2.97. The Kier molecular flexibility index (Phi) is 6.95. The lowest BCUT2D eigenvalue weighted by Gasteiger charge is -2.11. The molecule has 0 aliphatic rings. The zero-order chi connectivity index (χ0) is 14.3. The average Bonchev–Trinajstić information content (AvgIpc) is 2.38. The second-order valence-electron chi connectivity index (χ2n) is 4.98. The predicted molar refractivity (Wildman–Crippen MR) is 80.5 cm³/mol. The summed E-state index contributed by atoms with van der Waals surface area (Å²) in [6.07, 6.45) is 0.727. The molecule has 0 saturated heterocycles. The number of carbonyl (C=O) groups is 1. The van der Waals surface area contributed by atoms with E-state index in [9.17, 15) is 4.79 Å². The first-order valence-electron chi connectivity index (χ1n) is 6.60. The number of aliphatic hydroxyl groups excluding tert-OH is 1. The summed E-state index contributed by atoms with van der Waals surface area (Å²) in [6, 6.07) is 6.27. The number of nitrogens with one attached hydrogen (secondary N) is 1. The lowest BCUT2D eigenvalue weighted by Crippen LogP contribution is -2.30. The molecule has 0 radical (unpaired) electrons. The fourth-order valence-corrected chi connectivity index (χ4v) is 2.62. The largest absolute Gasteiger partial charge is 0.396 e. The summed E-state index contributed by atoms with van der Waals surface area (Å²) in [4.78, 5) is 12.9. The molecule has 1 aromatic carbocycles. The fraction of sp³-hybridized carbons (Fsp3) is 0.533. The number of hydrogen-bond donors (Lipinski definition) is 2. The highest BCUT2D eigenvalue weighted by Gasteiger charge is 2.07. The highest BCUT2D eigenvalue weighted by molar-refractivity contribution is 8.00. The summed E-state index contributed by atoms with van der Waals surface area (Å²) >= 11 is 1.57. The van der Waals surface area contributed by atoms with Crippen molar-refractivity contribution in [3.8, 4) is 0 Å². The van der Waals surface area contributed by atoms with Crippen molar-refractivity contribution < 1.29 is 9.90 Å². The normalized spacial score (nSPS) is 12.2. The molecule has 0 heterocycles. The van der Waals surface area contributed by atoms with Crippen molar-refractivity contribution in [1.29, 1.82) is 0 Å². The van der Waals surface area contributed by atoms with Crippen molar-refractivity contribution in [1.82, 2.24) is 5.32 Å². The molecule has 0 aliphatic carbocycles. The maximum absolute atomic E-state index is 11.7. The Hall–Kier alpha value is -1.00. The molecule has 1 rings (SSSR count). The van der Waals surface area contributed by atoms with E-state index in [0.29, 0.717) is 18.2 Å². The van der Waals surface area contributed by atoms with Gasteiger partial charge in [0.1, 0.15) is 0 Å². The second-order valence-corrected chi connectivity index (χ2v) is 6.00. The van der Waals surface area contributed by atoms with Gasteiger partial charge < -0.3 is 10.4 Å². The van der Waals surface area contributed by atoms with Crippen molar-refractivity contribution in [2.45, 2.75) is 32.1 Å². The van der Waals surface area contributed by atoms with Gasteiger partial charge in [-0.1, -0.05) is 24.6 Å². The molecule has 1 aromatic rings. The number of aryl methyl sites for hydroxylation is 2. The molecule has 0 saturated carbocycles. The lowest BCUT2D eigenvalue weighted by atomic mass is 10.1. The Labute approximate surface area is 119 Å². The molecule has 0 aliphatic heterocycles. The van der Waals surface area contributed by atoms with Crippen LogP contribution in [0.15, 0.2) is 23.1 Å². The molecular formula is C15H23NO2S. The van der Waals surface area contributed by atoms with Gasteiger partial charge in [0.2, 0.25) is 5.91 Å². The van der Waals surface area contributed by atoms with Crippen LogP contribution in [-0.4, -0.2) is 29.9 Å². The van der Waals surface area contributed by atoms with Gasteiger partial charge in [-0.3, -0.25) is 4.79 Å². The Morgan fingerprint density at radius 1 is 1.42 bits per heavy atom. The molecule has 1 unspecified atom stereocenters. The van der Waals surface area contributed by atoms with E-state index in [1.165, 1.54) is 16.0 Å². The molecule has 0 spiro atoms. The number of thioether (sulfide) groups is 1. The highest BCUT2D eigenvalue weighted by atomic mass is 32.2. The Morgan fingerprint density at radius 2 is 2.16 bits per heavy atom. The van der Waals surface area contributed by atoms with E-state index >= 15 is 0 Å². The number of benzene rings is 1. The summed E-state index contributed by atoms with van der Waals surface area (Å²) in [5.74, 6) is 0.811. The van der Waals surface area contributed by atoms with Crippen LogP contribution in [0.2, 0.25) is 0 Å². The van der Waals surface area contributed by atoms with Crippen molar-refractivity contribution in [3.63, 3.8) is 0 Å². The van der Waals surface area contributed by atoms with Gasteiger partial charge in [0.15, 0.2) is 0 Å². The fourth-order valence-electron chi connectivity index (χ4n) is 1.67. The van der Waals surface area contributed by atoms with Gasteiger partial charge in [-0.25, -0.2) is 0 Å². The lowest BCUT2D eigenvalue weighted by molar-refractivity contribution is -0.118. The number of rotatable bonds is 7. The molecule has 2 N–H and O–H groups in total. The van der Waals surface area contributed by atoms with E-state index in [1.54, 1.807) is 11.8 Å². The summed E-state index contributed by atoms with van der Waals surface area (Å²) in [6.45, 7) is 6.94. The predicted octanol–water partition coefficient (Wildman–Crippen LogP) is 2.53. The van der Waals surface area contributed by atoms with Gasteiger partial charge in [-0.15, -0.1) is 11.8 Å². The highest BCUT2D eigenvalue weighted by Crippen LogP contribution is 2.23. The number of carbonyl (C=O) groups excluding carboxylic acids is 1. The van der Waals surface area contributed by atoms with Crippen LogP contribution in [0.5, 0.6) is 0 Å².